The van der Waals surface area contributed by atoms with E-state index in [1.54, 1.807) is 60.7 Å². The lowest BCUT2D eigenvalue weighted by molar-refractivity contribution is -0.132. The molecule has 8 nitrogen and oxygen atoms in total. The summed E-state index contributed by atoms with van der Waals surface area (Å²) in [4.78, 5) is 28.2. The number of carbonyl (C=O) groups is 2. The number of hydrogen-bond donors (Lipinski definition) is 1. The minimum absolute atomic E-state index is 0.0573. The van der Waals surface area contributed by atoms with Crippen molar-refractivity contribution in [2.45, 2.75) is 29.5 Å². The molecule has 0 bridgehead atoms. The molecule has 1 aliphatic rings. The molecule has 1 unspecified atom stereocenters. The van der Waals surface area contributed by atoms with E-state index in [9.17, 15) is 19.1 Å². The third kappa shape index (κ3) is 6.10. The average Bonchev–Trinajstić information content (AvgIpc) is 3.57. The second kappa shape index (κ2) is 12.5. The molecule has 11 heteroatoms. The van der Waals surface area contributed by atoms with E-state index in [1.807, 2.05) is 6.92 Å². The lowest BCUT2D eigenvalue weighted by Gasteiger charge is -2.22. The van der Waals surface area contributed by atoms with Crippen molar-refractivity contribution >= 4 is 45.7 Å². The van der Waals surface area contributed by atoms with Crippen molar-refractivity contribution in [2.75, 3.05) is 18.6 Å². The predicted octanol–water partition coefficient (Wildman–Crippen LogP) is 6.39. The van der Waals surface area contributed by atoms with E-state index in [1.165, 1.54) is 35.9 Å². The molecule has 41 heavy (non-hydrogen) atoms. The van der Waals surface area contributed by atoms with Crippen LogP contribution in [0.1, 0.15) is 36.1 Å². The normalized spacial score (nSPS) is 16.3. The number of rotatable bonds is 10. The summed E-state index contributed by atoms with van der Waals surface area (Å²) in [7, 11) is 1.53. The van der Waals surface area contributed by atoms with Crippen LogP contribution in [0.15, 0.2) is 82.7 Å². The van der Waals surface area contributed by atoms with Gasteiger partial charge in [0.25, 0.3) is 5.78 Å². The van der Waals surface area contributed by atoms with Crippen molar-refractivity contribution in [1.29, 1.82) is 0 Å². The predicted molar refractivity (Wildman–Crippen MR) is 156 cm³/mol. The molecule has 1 atom stereocenters. The maximum absolute atomic E-state index is 13.4. The minimum Gasteiger partial charge on any atom is -0.507 e. The summed E-state index contributed by atoms with van der Waals surface area (Å²) in [6.45, 7) is 2.56. The van der Waals surface area contributed by atoms with Crippen LogP contribution in [0.25, 0.3) is 5.76 Å². The highest BCUT2D eigenvalue weighted by atomic mass is 32.2. The first-order chi connectivity index (χ1) is 19.9. The fourth-order valence-corrected chi connectivity index (χ4v) is 6.12. The fourth-order valence-electron chi connectivity index (χ4n) is 4.30. The molecule has 0 aliphatic carbocycles. The number of carbonyl (C=O) groups excluding carboxylic acids is 2. The Labute approximate surface area is 244 Å². The molecule has 5 rings (SSSR count). The van der Waals surface area contributed by atoms with Gasteiger partial charge in [0.05, 0.1) is 25.3 Å². The van der Waals surface area contributed by atoms with Crippen molar-refractivity contribution in [3.05, 3.63) is 101 Å². The van der Waals surface area contributed by atoms with Crippen LogP contribution in [0.4, 0.5) is 9.52 Å². The largest absolute Gasteiger partial charge is 0.507 e. The molecule has 0 saturated carbocycles. The summed E-state index contributed by atoms with van der Waals surface area (Å²) in [6, 6.07) is 18.8. The van der Waals surface area contributed by atoms with Gasteiger partial charge in [0, 0.05) is 11.3 Å². The lowest BCUT2D eigenvalue weighted by Crippen LogP contribution is -2.29. The Morgan fingerprint density at radius 2 is 1.68 bits per heavy atom. The summed E-state index contributed by atoms with van der Waals surface area (Å²) in [5.74, 6) is -0.507. The number of amides is 1. The molecule has 0 spiro atoms. The average molecular weight is 592 g/mol. The number of benzene rings is 3. The Balaban J connectivity index is 1.51. The van der Waals surface area contributed by atoms with Crippen molar-refractivity contribution in [1.82, 2.24) is 10.2 Å². The number of aromatic nitrogens is 2. The Morgan fingerprint density at radius 1 is 1.00 bits per heavy atom. The van der Waals surface area contributed by atoms with E-state index >= 15 is 0 Å². The summed E-state index contributed by atoms with van der Waals surface area (Å²) < 4.78 is 24.7. The molecular weight excluding hydrogens is 565 g/mol. The van der Waals surface area contributed by atoms with Crippen LogP contribution in [0.2, 0.25) is 0 Å². The first kappa shape index (κ1) is 28.3. The van der Waals surface area contributed by atoms with Gasteiger partial charge in [-0.2, -0.15) is 0 Å². The first-order valence-electron chi connectivity index (χ1n) is 12.8. The number of Topliss-reactive ketones (excluding diaryl/α,β-unsaturated/α-hetero) is 1. The minimum atomic E-state index is -0.944. The fraction of sp³-hybridized carbons (Fsp3) is 0.200. The van der Waals surface area contributed by atoms with Gasteiger partial charge < -0.3 is 14.6 Å². The topological polar surface area (TPSA) is 102 Å². The van der Waals surface area contributed by atoms with Crippen LogP contribution in [-0.4, -0.2) is 40.7 Å². The van der Waals surface area contributed by atoms with E-state index in [0.29, 0.717) is 39.3 Å². The second-order valence-electron chi connectivity index (χ2n) is 9.08. The van der Waals surface area contributed by atoms with Crippen LogP contribution in [0.3, 0.4) is 0 Å². The number of ketones is 1. The quantitative estimate of drug-likeness (QED) is 0.0744. The Kier molecular flexibility index (Phi) is 8.65. The van der Waals surface area contributed by atoms with Gasteiger partial charge in [-0.3, -0.25) is 14.5 Å². The zero-order chi connectivity index (χ0) is 28.9. The summed E-state index contributed by atoms with van der Waals surface area (Å²) in [6.07, 6.45) is 0.850. The van der Waals surface area contributed by atoms with Crippen molar-refractivity contribution in [3.8, 4) is 11.5 Å². The van der Waals surface area contributed by atoms with E-state index in [4.69, 9.17) is 9.47 Å². The van der Waals surface area contributed by atoms with Crippen molar-refractivity contribution in [2.24, 2.45) is 0 Å². The Morgan fingerprint density at radius 3 is 2.34 bits per heavy atom. The standard InChI is InChI=1S/C30H26FN3O5S2/c1-3-16-39-23-14-6-19(7-15-23)25-24(26(35)20-8-12-22(38-2)13-9-20)27(36)28(37)34(25)29-32-33-30(41-29)40-17-18-4-10-21(31)11-5-18/h4-15,25,35H,3,16-17H2,1-2H3/b26-24-. The zero-order valence-electron chi connectivity index (χ0n) is 22.2. The highest BCUT2D eigenvalue weighted by Gasteiger charge is 2.48. The summed E-state index contributed by atoms with van der Waals surface area (Å²) >= 11 is 2.54. The van der Waals surface area contributed by atoms with Gasteiger partial charge >= 0.3 is 5.91 Å². The molecule has 3 aromatic carbocycles. The van der Waals surface area contributed by atoms with Gasteiger partial charge in [0.1, 0.15) is 23.1 Å². The summed E-state index contributed by atoms with van der Waals surface area (Å²) in [5.41, 5.74) is 1.81. The van der Waals surface area contributed by atoms with Crippen LogP contribution < -0.4 is 14.4 Å². The second-order valence-corrected chi connectivity index (χ2v) is 11.3. The van der Waals surface area contributed by atoms with E-state index in [2.05, 4.69) is 10.2 Å². The number of thioether (sulfide) groups is 1. The zero-order valence-corrected chi connectivity index (χ0v) is 23.9. The van der Waals surface area contributed by atoms with Gasteiger partial charge in [-0.05, 0) is 66.1 Å². The van der Waals surface area contributed by atoms with Gasteiger partial charge in [-0.15, -0.1) is 10.2 Å². The number of aliphatic hydroxyl groups excluding tert-OH is 1. The SMILES string of the molecule is CCCOc1ccc(C2/C(=C(/O)c3ccc(OC)cc3)C(=O)C(=O)N2c2nnc(SCc3ccc(F)cc3)s2)cc1. The monoisotopic (exact) mass is 591 g/mol. The highest BCUT2D eigenvalue weighted by molar-refractivity contribution is 8.00. The van der Waals surface area contributed by atoms with Crippen LogP contribution in [0.5, 0.6) is 11.5 Å². The molecule has 1 saturated heterocycles. The van der Waals surface area contributed by atoms with Crippen molar-refractivity contribution < 1.29 is 28.6 Å². The number of nitrogens with zero attached hydrogens (tertiary/aromatic N) is 3. The molecule has 1 aliphatic heterocycles. The smallest absolute Gasteiger partial charge is 0.301 e. The Bertz CT molecular complexity index is 1570. The highest BCUT2D eigenvalue weighted by Crippen LogP contribution is 2.44. The van der Waals surface area contributed by atoms with E-state index in [0.717, 1.165) is 23.3 Å². The lowest BCUT2D eigenvalue weighted by atomic mass is 9.95. The van der Waals surface area contributed by atoms with Gasteiger partial charge in [-0.1, -0.05) is 54.3 Å². The molecule has 0 radical (unpaired) electrons. The maximum atomic E-state index is 13.4. The molecular formula is C30H26FN3O5S2. The number of aliphatic hydroxyl groups is 1. The third-order valence-electron chi connectivity index (χ3n) is 6.35. The maximum Gasteiger partial charge on any atom is 0.301 e. The molecule has 1 fully saturated rings. The third-order valence-corrected chi connectivity index (χ3v) is 8.48. The number of methoxy groups -OCH3 is 1. The van der Waals surface area contributed by atoms with E-state index in [-0.39, 0.29) is 22.3 Å². The van der Waals surface area contributed by atoms with Crippen LogP contribution >= 0.6 is 23.1 Å². The van der Waals surface area contributed by atoms with E-state index < -0.39 is 17.7 Å². The van der Waals surface area contributed by atoms with Gasteiger partial charge in [0.15, 0.2) is 4.34 Å². The van der Waals surface area contributed by atoms with Gasteiger partial charge in [0.2, 0.25) is 5.13 Å². The number of ether oxygens (including phenoxy) is 2. The number of halogens is 1. The number of hydrogen-bond acceptors (Lipinski definition) is 9. The summed E-state index contributed by atoms with van der Waals surface area (Å²) in [5, 5.41) is 20.0. The molecule has 1 N–H and O–H groups in total. The first-order valence-corrected chi connectivity index (χ1v) is 14.6. The molecule has 210 valence electrons. The molecule has 4 aromatic rings. The Hall–Kier alpha value is -4.22. The van der Waals surface area contributed by atoms with Crippen LogP contribution in [-0.2, 0) is 15.3 Å². The van der Waals surface area contributed by atoms with Crippen LogP contribution in [0, 0.1) is 5.82 Å². The van der Waals surface area contributed by atoms with Crippen molar-refractivity contribution in [3.63, 3.8) is 0 Å². The number of anilines is 1. The molecule has 2 heterocycles. The van der Waals surface area contributed by atoms with Gasteiger partial charge in [-0.25, -0.2) is 4.39 Å². The molecule has 1 amide bonds. The molecule has 1 aromatic heterocycles.